The van der Waals surface area contributed by atoms with E-state index in [1.165, 1.54) is 25.7 Å². The van der Waals surface area contributed by atoms with E-state index in [0.717, 1.165) is 24.4 Å². The zero-order valence-electron chi connectivity index (χ0n) is 12.6. The van der Waals surface area contributed by atoms with Gasteiger partial charge in [0.25, 0.3) is 0 Å². The molecule has 0 spiro atoms. The van der Waals surface area contributed by atoms with Crippen LogP contribution in [0.3, 0.4) is 0 Å². The Morgan fingerprint density at radius 3 is 2.81 bits per heavy atom. The van der Waals surface area contributed by atoms with Gasteiger partial charge in [0.1, 0.15) is 11.3 Å². The van der Waals surface area contributed by atoms with Crippen LogP contribution in [0.1, 0.15) is 32.6 Å². The van der Waals surface area contributed by atoms with Gasteiger partial charge in [-0.25, -0.2) is 9.97 Å². The molecule has 1 saturated carbocycles. The minimum absolute atomic E-state index is 0.496. The molecule has 1 aliphatic rings. The lowest BCUT2D eigenvalue weighted by molar-refractivity contribution is 0.299. The van der Waals surface area contributed by atoms with Gasteiger partial charge in [-0.1, -0.05) is 12.8 Å². The lowest BCUT2D eigenvalue weighted by Gasteiger charge is -2.40. The van der Waals surface area contributed by atoms with E-state index in [-0.39, 0.29) is 0 Å². The quantitative estimate of drug-likeness (QED) is 0.934. The molecule has 2 aromatic rings. The van der Waals surface area contributed by atoms with Gasteiger partial charge in [0.05, 0.1) is 0 Å². The Hall–Kier alpha value is -1.75. The summed E-state index contributed by atoms with van der Waals surface area (Å²) in [7, 11) is 0. The molecule has 2 unspecified atom stereocenters. The van der Waals surface area contributed by atoms with Gasteiger partial charge in [-0.3, -0.25) is 4.98 Å². The summed E-state index contributed by atoms with van der Waals surface area (Å²) in [6, 6.07) is 4.56. The maximum absolute atomic E-state index is 5.99. The van der Waals surface area contributed by atoms with Crippen molar-refractivity contribution in [2.24, 2.45) is 11.7 Å². The average Bonchev–Trinajstić information content (AvgIpc) is 2.56. The number of fused-ring (bicyclic) bond motifs is 1. The summed E-state index contributed by atoms with van der Waals surface area (Å²) in [6.07, 6.45) is 8.41. The van der Waals surface area contributed by atoms with E-state index in [1.807, 2.05) is 6.07 Å². The van der Waals surface area contributed by atoms with Gasteiger partial charge in [-0.05, 0) is 44.4 Å². The first-order valence-corrected chi connectivity index (χ1v) is 7.88. The summed E-state index contributed by atoms with van der Waals surface area (Å²) < 4.78 is 0. The Morgan fingerprint density at radius 1 is 1.19 bits per heavy atom. The average molecular weight is 285 g/mol. The minimum atomic E-state index is 0.496. The second-order valence-corrected chi connectivity index (χ2v) is 5.70. The number of aromatic nitrogens is 3. The van der Waals surface area contributed by atoms with Crippen LogP contribution in [0.4, 0.5) is 5.82 Å². The molecule has 3 rings (SSSR count). The molecule has 0 radical (unpaired) electrons. The van der Waals surface area contributed by atoms with Crippen molar-refractivity contribution in [3.8, 4) is 0 Å². The van der Waals surface area contributed by atoms with Crippen LogP contribution in [0.25, 0.3) is 11.2 Å². The van der Waals surface area contributed by atoms with E-state index in [9.17, 15) is 0 Å². The zero-order chi connectivity index (χ0) is 14.7. The summed E-state index contributed by atoms with van der Waals surface area (Å²) >= 11 is 0. The highest BCUT2D eigenvalue weighted by molar-refractivity contribution is 5.71. The summed E-state index contributed by atoms with van der Waals surface area (Å²) in [5.41, 5.74) is 7.55. The van der Waals surface area contributed by atoms with E-state index < -0.39 is 0 Å². The van der Waals surface area contributed by atoms with Gasteiger partial charge < -0.3 is 10.6 Å². The Morgan fingerprint density at radius 2 is 2.00 bits per heavy atom. The first-order chi connectivity index (χ1) is 10.3. The minimum Gasteiger partial charge on any atom is -0.354 e. The predicted molar refractivity (Wildman–Crippen MR) is 85.2 cm³/mol. The largest absolute Gasteiger partial charge is 0.354 e. The zero-order valence-corrected chi connectivity index (χ0v) is 12.6. The van der Waals surface area contributed by atoms with E-state index in [4.69, 9.17) is 10.7 Å². The Labute approximate surface area is 125 Å². The summed E-state index contributed by atoms with van der Waals surface area (Å²) in [5.74, 6) is 1.56. The lowest BCUT2D eigenvalue weighted by atomic mass is 9.83. The molecule has 2 aromatic heterocycles. The fraction of sp³-hybridized carbons (Fsp3) is 0.562. The van der Waals surface area contributed by atoms with E-state index in [1.54, 1.807) is 12.4 Å². The van der Waals surface area contributed by atoms with Crippen molar-refractivity contribution in [2.45, 2.75) is 38.6 Å². The topological polar surface area (TPSA) is 67.9 Å². The molecule has 2 atom stereocenters. The van der Waals surface area contributed by atoms with Crippen molar-refractivity contribution in [1.82, 2.24) is 15.0 Å². The Kier molecular flexibility index (Phi) is 4.29. The summed E-state index contributed by atoms with van der Waals surface area (Å²) in [5, 5.41) is 0. The van der Waals surface area contributed by atoms with Crippen molar-refractivity contribution in [2.75, 3.05) is 18.0 Å². The second-order valence-electron chi connectivity index (χ2n) is 5.70. The third-order valence-corrected chi connectivity index (χ3v) is 4.52. The third-order valence-electron chi connectivity index (χ3n) is 4.52. The smallest absolute Gasteiger partial charge is 0.180 e. The molecule has 112 valence electrons. The molecule has 1 fully saturated rings. The van der Waals surface area contributed by atoms with Crippen LogP contribution in [-0.4, -0.2) is 34.1 Å². The molecule has 2 N–H and O–H groups in total. The molecule has 0 aliphatic heterocycles. The van der Waals surface area contributed by atoms with Gasteiger partial charge in [0.2, 0.25) is 0 Å². The van der Waals surface area contributed by atoms with E-state index in [2.05, 4.69) is 27.9 Å². The predicted octanol–water partition coefficient (Wildman–Crippen LogP) is 2.37. The van der Waals surface area contributed by atoms with Crippen molar-refractivity contribution < 1.29 is 0 Å². The number of hydrogen-bond donors (Lipinski definition) is 1. The van der Waals surface area contributed by atoms with Gasteiger partial charge in [0.15, 0.2) is 5.65 Å². The van der Waals surface area contributed by atoms with Crippen LogP contribution in [0, 0.1) is 5.92 Å². The van der Waals surface area contributed by atoms with Crippen molar-refractivity contribution in [3.05, 3.63) is 24.5 Å². The molecule has 0 aromatic carbocycles. The number of hydrogen-bond acceptors (Lipinski definition) is 5. The highest BCUT2D eigenvalue weighted by atomic mass is 15.2. The number of nitrogens with zero attached hydrogens (tertiary/aromatic N) is 4. The standard InChI is InChI=1S/C16H23N5/c1-2-21(14-6-4-3-5-12(14)11-17)15-8-7-13-16(20-15)19-10-9-18-13/h7-10,12,14H,2-6,11,17H2,1H3. The van der Waals surface area contributed by atoms with Crippen LogP contribution in [0.2, 0.25) is 0 Å². The van der Waals surface area contributed by atoms with Crippen LogP contribution >= 0.6 is 0 Å². The molecule has 1 aliphatic carbocycles. The highest BCUT2D eigenvalue weighted by Gasteiger charge is 2.29. The Bertz CT molecular complexity index is 600. The number of rotatable bonds is 4. The Balaban J connectivity index is 1.93. The molecule has 0 saturated heterocycles. The molecular formula is C16H23N5. The van der Waals surface area contributed by atoms with Crippen molar-refractivity contribution >= 4 is 17.0 Å². The van der Waals surface area contributed by atoms with Crippen molar-refractivity contribution in [3.63, 3.8) is 0 Å². The first-order valence-electron chi connectivity index (χ1n) is 7.88. The second kappa shape index (κ2) is 6.35. The summed E-state index contributed by atoms with van der Waals surface area (Å²) in [6.45, 7) is 3.89. The van der Waals surface area contributed by atoms with Gasteiger partial charge >= 0.3 is 0 Å². The normalized spacial score (nSPS) is 22.4. The number of nitrogens with two attached hydrogens (primary N) is 1. The fourth-order valence-electron chi connectivity index (χ4n) is 3.44. The van der Waals surface area contributed by atoms with E-state index in [0.29, 0.717) is 17.6 Å². The molecule has 0 bridgehead atoms. The van der Waals surface area contributed by atoms with Gasteiger partial charge in [-0.15, -0.1) is 0 Å². The van der Waals surface area contributed by atoms with Crippen LogP contribution in [0.5, 0.6) is 0 Å². The highest BCUT2D eigenvalue weighted by Crippen LogP contribution is 2.30. The van der Waals surface area contributed by atoms with Crippen LogP contribution < -0.4 is 10.6 Å². The van der Waals surface area contributed by atoms with Crippen LogP contribution in [0.15, 0.2) is 24.5 Å². The lowest BCUT2D eigenvalue weighted by Crippen LogP contribution is -2.45. The number of pyridine rings is 1. The van der Waals surface area contributed by atoms with Crippen molar-refractivity contribution in [1.29, 1.82) is 0 Å². The van der Waals surface area contributed by atoms with Crippen LogP contribution in [-0.2, 0) is 0 Å². The third kappa shape index (κ3) is 2.83. The monoisotopic (exact) mass is 285 g/mol. The molecule has 21 heavy (non-hydrogen) atoms. The van der Waals surface area contributed by atoms with Gasteiger partial charge in [-0.2, -0.15) is 0 Å². The van der Waals surface area contributed by atoms with Gasteiger partial charge in [0, 0.05) is 25.0 Å². The molecule has 0 amide bonds. The maximum Gasteiger partial charge on any atom is 0.180 e. The molecule has 5 heteroatoms. The SMILES string of the molecule is CCN(c1ccc2nccnc2n1)C1CCCCC1CN. The molecule has 2 heterocycles. The molecular weight excluding hydrogens is 262 g/mol. The maximum atomic E-state index is 5.99. The summed E-state index contributed by atoms with van der Waals surface area (Å²) in [4.78, 5) is 15.7. The first kappa shape index (κ1) is 14.2. The number of anilines is 1. The van der Waals surface area contributed by atoms with E-state index >= 15 is 0 Å². The fourth-order valence-corrected chi connectivity index (χ4v) is 3.44. The molecule has 5 nitrogen and oxygen atoms in total.